The predicted molar refractivity (Wildman–Crippen MR) is 306 cm³/mol. The third kappa shape index (κ3) is 52.9. The third-order valence-electron chi connectivity index (χ3n) is 15.1. The Morgan fingerprint density at radius 1 is 0.400 bits per heavy atom. The van der Waals surface area contributed by atoms with E-state index in [2.05, 4.69) is 38.2 Å². The molecule has 6 heteroatoms. The van der Waals surface area contributed by atoms with Gasteiger partial charge in [-0.05, 0) is 51.4 Å². The van der Waals surface area contributed by atoms with E-state index >= 15 is 0 Å². The molecule has 3 unspecified atom stereocenters. The fraction of sp³-hybridized carbons (Fsp3) is 0.938. The summed E-state index contributed by atoms with van der Waals surface area (Å²) in [5, 5.41) is 24.0. The number of hydrogen-bond acceptors (Lipinski definition) is 5. The number of carbonyl (C=O) groups is 2. The fourth-order valence-electron chi connectivity index (χ4n) is 10.3. The minimum absolute atomic E-state index is 0.0753. The summed E-state index contributed by atoms with van der Waals surface area (Å²) in [4.78, 5) is 26.4. The van der Waals surface area contributed by atoms with Gasteiger partial charge in [0.15, 0.2) is 0 Å². The summed E-state index contributed by atoms with van der Waals surface area (Å²) in [5.41, 5.74) is 0. The Bertz CT molecular complexity index is 1060. The van der Waals surface area contributed by atoms with E-state index in [4.69, 9.17) is 4.74 Å². The summed E-state index contributed by atoms with van der Waals surface area (Å²) >= 11 is 0. The molecule has 70 heavy (non-hydrogen) atoms. The second-order valence-corrected chi connectivity index (χ2v) is 22.2. The van der Waals surface area contributed by atoms with E-state index in [1.807, 2.05) is 0 Å². The van der Waals surface area contributed by atoms with Crippen LogP contribution in [0.5, 0.6) is 0 Å². The molecule has 0 aromatic heterocycles. The predicted octanol–water partition coefficient (Wildman–Crippen LogP) is 20.0. The number of esters is 1. The van der Waals surface area contributed by atoms with Crippen molar-refractivity contribution in [1.29, 1.82) is 0 Å². The zero-order valence-corrected chi connectivity index (χ0v) is 47.7. The largest absolute Gasteiger partial charge is 0.462 e. The number of aliphatic hydroxyl groups excluding tert-OH is 2. The molecule has 0 aliphatic carbocycles. The highest BCUT2D eigenvalue weighted by Crippen LogP contribution is 2.19. The van der Waals surface area contributed by atoms with Crippen LogP contribution in [0.2, 0.25) is 0 Å². The lowest BCUT2D eigenvalue weighted by Gasteiger charge is -2.24. The summed E-state index contributed by atoms with van der Waals surface area (Å²) in [7, 11) is 0. The first-order chi connectivity index (χ1) is 34.5. The summed E-state index contributed by atoms with van der Waals surface area (Å²) < 4.78 is 5.98. The van der Waals surface area contributed by atoms with E-state index in [-0.39, 0.29) is 24.9 Å². The van der Waals surface area contributed by atoms with Crippen molar-refractivity contribution >= 4 is 11.9 Å². The lowest BCUT2D eigenvalue weighted by molar-refractivity contribution is -0.151. The van der Waals surface area contributed by atoms with E-state index in [0.29, 0.717) is 19.3 Å². The highest BCUT2D eigenvalue weighted by molar-refractivity contribution is 5.77. The number of aliphatic hydroxyl groups is 2. The fourth-order valence-corrected chi connectivity index (χ4v) is 10.3. The number of amides is 1. The van der Waals surface area contributed by atoms with Crippen LogP contribution in [0.25, 0.3) is 0 Å². The lowest BCUT2D eigenvalue weighted by Crippen LogP contribution is -2.46. The van der Waals surface area contributed by atoms with Crippen molar-refractivity contribution in [3.8, 4) is 0 Å². The summed E-state index contributed by atoms with van der Waals surface area (Å²) in [5.74, 6) is -0.461. The van der Waals surface area contributed by atoms with E-state index in [1.54, 1.807) is 0 Å². The maximum atomic E-state index is 13.3. The van der Waals surface area contributed by atoms with E-state index < -0.39 is 18.2 Å². The molecule has 0 fully saturated rings. The normalized spacial score (nSPS) is 13.0. The van der Waals surface area contributed by atoms with Crippen molar-refractivity contribution in [2.45, 2.75) is 379 Å². The Morgan fingerprint density at radius 2 is 0.686 bits per heavy atom. The molecule has 0 heterocycles. The van der Waals surface area contributed by atoms with Gasteiger partial charge in [0.05, 0.1) is 25.2 Å². The van der Waals surface area contributed by atoms with Crippen LogP contribution in [0.4, 0.5) is 0 Å². The summed E-state index contributed by atoms with van der Waals surface area (Å²) in [6, 6.07) is -0.702. The van der Waals surface area contributed by atoms with E-state index in [0.717, 1.165) is 57.8 Å². The molecule has 3 N–H and O–H groups in total. The molecule has 0 spiro atoms. The lowest BCUT2D eigenvalue weighted by atomic mass is 10.0. The van der Waals surface area contributed by atoms with Crippen LogP contribution in [0.1, 0.15) is 361 Å². The molecule has 0 bridgehead atoms. The van der Waals surface area contributed by atoms with Crippen LogP contribution in [0, 0.1) is 0 Å². The second-order valence-electron chi connectivity index (χ2n) is 22.2. The van der Waals surface area contributed by atoms with Crippen LogP contribution < -0.4 is 5.32 Å². The number of rotatable bonds is 59. The van der Waals surface area contributed by atoms with Gasteiger partial charge in [0.25, 0.3) is 0 Å². The summed E-state index contributed by atoms with van der Waals surface area (Å²) in [6.45, 7) is 6.55. The Hall–Kier alpha value is -1.40. The van der Waals surface area contributed by atoms with E-state index in [1.165, 1.54) is 257 Å². The molecule has 0 rings (SSSR count). The molecule has 0 saturated heterocycles. The van der Waals surface area contributed by atoms with E-state index in [9.17, 15) is 19.8 Å². The van der Waals surface area contributed by atoms with Gasteiger partial charge in [-0.2, -0.15) is 0 Å². The first kappa shape index (κ1) is 68.6. The van der Waals surface area contributed by atoms with Crippen LogP contribution in [-0.4, -0.2) is 46.9 Å². The van der Waals surface area contributed by atoms with Gasteiger partial charge in [0.2, 0.25) is 5.91 Å². The van der Waals surface area contributed by atoms with Crippen molar-refractivity contribution in [1.82, 2.24) is 5.32 Å². The monoisotopic (exact) mass is 988 g/mol. The number of ether oxygens (including phenoxy) is 1. The number of carbonyl (C=O) groups excluding carboxylic acids is 2. The molecule has 6 nitrogen and oxygen atoms in total. The van der Waals surface area contributed by atoms with Gasteiger partial charge in [-0.3, -0.25) is 9.59 Å². The topological polar surface area (TPSA) is 95.9 Å². The number of unbranched alkanes of at least 4 members (excludes halogenated alkanes) is 45. The second kappa shape index (κ2) is 58.5. The molecule has 0 aromatic rings. The highest BCUT2D eigenvalue weighted by Gasteiger charge is 2.24. The van der Waals surface area contributed by atoms with Crippen molar-refractivity contribution in [3.05, 3.63) is 12.2 Å². The first-order valence-electron chi connectivity index (χ1n) is 31.9. The SMILES string of the molecule is CCCCCCCCCCC/C=C/CCCCCC(CC(=O)NC(CO)C(O)CCCCCCCCCCCCCCCCCCC)OC(=O)CCCCCCCCCCCCCCCCCCCC. The summed E-state index contributed by atoms with van der Waals surface area (Å²) in [6.07, 6.45) is 68.6. The number of allylic oxidation sites excluding steroid dienone is 2. The molecule has 416 valence electrons. The zero-order chi connectivity index (χ0) is 50.9. The Labute approximate surface area is 438 Å². The van der Waals surface area contributed by atoms with Gasteiger partial charge < -0.3 is 20.3 Å². The van der Waals surface area contributed by atoms with Crippen molar-refractivity contribution in [3.63, 3.8) is 0 Å². The average Bonchev–Trinajstić information content (AvgIpc) is 3.35. The first-order valence-corrected chi connectivity index (χ1v) is 31.9. The Kier molecular flexibility index (Phi) is 57.3. The standard InChI is InChI=1S/C64H125NO5/c1-4-7-10-13-16-19-22-25-28-31-33-36-39-42-45-48-51-54-57-64(69)70-60(55-52-49-46-43-40-37-34-30-27-24-21-18-15-12-9-6-3)58-63(68)65-61(59-66)62(67)56-53-50-47-44-41-38-35-32-29-26-23-20-17-14-11-8-5-2/h37,40,60-62,66-67H,4-36,38-39,41-59H2,1-3H3,(H,65,68)/b40-37+. The average molecular weight is 989 g/mol. The number of nitrogens with one attached hydrogen (secondary N) is 1. The van der Waals surface area contributed by atoms with Gasteiger partial charge in [-0.15, -0.1) is 0 Å². The van der Waals surface area contributed by atoms with Gasteiger partial charge in [0, 0.05) is 6.42 Å². The third-order valence-corrected chi connectivity index (χ3v) is 15.1. The van der Waals surface area contributed by atoms with Crippen LogP contribution in [-0.2, 0) is 14.3 Å². The van der Waals surface area contributed by atoms with Crippen LogP contribution in [0.15, 0.2) is 12.2 Å². The molecule has 0 radical (unpaired) electrons. The quantitative estimate of drug-likeness (QED) is 0.0321. The van der Waals surface area contributed by atoms with Gasteiger partial charge >= 0.3 is 5.97 Å². The van der Waals surface area contributed by atoms with Gasteiger partial charge in [-0.1, -0.05) is 309 Å². The van der Waals surface area contributed by atoms with Crippen LogP contribution in [0.3, 0.4) is 0 Å². The van der Waals surface area contributed by atoms with Gasteiger partial charge in [0.1, 0.15) is 6.10 Å². The Balaban J connectivity index is 4.49. The van der Waals surface area contributed by atoms with Crippen molar-refractivity contribution in [2.75, 3.05) is 6.61 Å². The smallest absolute Gasteiger partial charge is 0.306 e. The van der Waals surface area contributed by atoms with Crippen molar-refractivity contribution < 1.29 is 24.5 Å². The van der Waals surface area contributed by atoms with Crippen LogP contribution >= 0.6 is 0 Å². The molecule has 0 saturated carbocycles. The molecular formula is C64H125NO5. The maximum Gasteiger partial charge on any atom is 0.306 e. The van der Waals surface area contributed by atoms with Gasteiger partial charge in [-0.25, -0.2) is 0 Å². The molecule has 0 aromatic carbocycles. The Morgan fingerprint density at radius 3 is 1.03 bits per heavy atom. The minimum atomic E-state index is -0.788. The molecule has 0 aliphatic heterocycles. The molecule has 0 aliphatic rings. The van der Waals surface area contributed by atoms with Crippen molar-refractivity contribution in [2.24, 2.45) is 0 Å². The molecular weight excluding hydrogens is 863 g/mol. The number of hydrogen-bond donors (Lipinski definition) is 3. The maximum absolute atomic E-state index is 13.3. The molecule has 1 amide bonds. The highest BCUT2D eigenvalue weighted by atomic mass is 16.5. The zero-order valence-electron chi connectivity index (χ0n) is 47.7. The minimum Gasteiger partial charge on any atom is -0.462 e. The molecule has 3 atom stereocenters.